The Morgan fingerprint density at radius 3 is 2.78 bits per heavy atom. The number of aliphatic hydroxyl groups is 1. The molecule has 0 radical (unpaired) electrons. The number of H-pyrrole nitrogens is 1. The molecule has 0 aliphatic carbocycles. The van der Waals surface area contributed by atoms with Gasteiger partial charge < -0.3 is 20.1 Å². The summed E-state index contributed by atoms with van der Waals surface area (Å²) in [7, 11) is 0. The van der Waals surface area contributed by atoms with Crippen LogP contribution in [0, 0.1) is 5.82 Å². The highest BCUT2D eigenvalue weighted by Gasteiger charge is 2.46. The van der Waals surface area contributed by atoms with Crippen molar-refractivity contribution < 1.29 is 27.8 Å². The number of nitrogens with zero attached hydrogens (tertiary/aromatic N) is 3. The third-order valence-corrected chi connectivity index (χ3v) is 6.08. The molecular weight excluding hydrogens is 479 g/mol. The second kappa shape index (κ2) is 10.5. The zero-order chi connectivity index (χ0) is 25.9. The van der Waals surface area contributed by atoms with Crippen molar-refractivity contribution in [2.24, 2.45) is 0 Å². The summed E-state index contributed by atoms with van der Waals surface area (Å²) in [5.41, 5.74) is 0.144. The summed E-state index contributed by atoms with van der Waals surface area (Å²) in [6, 6.07) is 5.50. The van der Waals surface area contributed by atoms with Crippen molar-refractivity contribution in [3.05, 3.63) is 76.2 Å². The van der Waals surface area contributed by atoms with Crippen LogP contribution in [0.2, 0.25) is 0 Å². The molecule has 12 heteroatoms. The first-order chi connectivity index (χ1) is 17.2. The predicted octanol–water partition coefficient (Wildman–Crippen LogP) is 3.04. The van der Waals surface area contributed by atoms with Gasteiger partial charge in [0.1, 0.15) is 11.6 Å². The molecule has 1 amide bonds. The van der Waals surface area contributed by atoms with E-state index in [-0.39, 0.29) is 41.7 Å². The van der Waals surface area contributed by atoms with Gasteiger partial charge in [0.25, 0.3) is 5.92 Å². The van der Waals surface area contributed by atoms with Gasteiger partial charge in [-0.1, -0.05) is 6.07 Å². The average molecular weight is 503 g/mol. The summed E-state index contributed by atoms with van der Waals surface area (Å²) >= 11 is 0. The predicted molar refractivity (Wildman–Crippen MR) is 123 cm³/mol. The average Bonchev–Trinajstić information content (AvgIpc) is 2.86. The van der Waals surface area contributed by atoms with Crippen molar-refractivity contribution in [1.29, 1.82) is 0 Å². The van der Waals surface area contributed by atoms with Gasteiger partial charge in [-0.25, -0.2) is 23.1 Å². The number of hydrogen-bond acceptors (Lipinski definition) is 7. The first kappa shape index (κ1) is 25.3. The number of nitrogens with one attached hydrogen (secondary N) is 2. The number of carbonyl (C=O) groups excluding carboxylic acids is 1. The van der Waals surface area contributed by atoms with Crippen LogP contribution in [0.5, 0.6) is 11.6 Å². The topological polar surface area (TPSA) is 120 Å². The monoisotopic (exact) mass is 503 g/mol. The van der Waals surface area contributed by atoms with E-state index in [4.69, 9.17) is 4.74 Å². The molecule has 1 aliphatic rings. The molecule has 1 unspecified atom stereocenters. The minimum absolute atomic E-state index is 0.0186. The Labute approximate surface area is 204 Å². The van der Waals surface area contributed by atoms with E-state index < -0.39 is 42.6 Å². The van der Waals surface area contributed by atoms with Gasteiger partial charge >= 0.3 is 0 Å². The van der Waals surface area contributed by atoms with Crippen molar-refractivity contribution in [1.82, 2.24) is 19.9 Å². The SMILES string of the molecule is CC(C(=O)Nc1cnc(Oc2ccc(F)cc2CO)cn1)N1CCC(F)(F)[C@@H](c2ccc(=O)[nH]c2)C1. The van der Waals surface area contributed by atoms with Crippen molar-refractivity contribution in [2.45, 2.75) is 37.8 Å². The molecule has 36 heavy (non-hydrogen) atoms. The molecule has 3 N–H and O–H groups in total. The van der Waals surface area contributed by atoms with Crippen LogP contribution in [-0.2, 0) is 11.4 Å². The van der Waals surface area contributed by atoms with Crippen LogP contribution in [0.15, 0.2) is 53.7 Å². The number of likely N-dealkylation sites (tertiary alicyclic amines) is 1. The first-order valence-corrected chi connectivity index (χ1v) is 11.2. The molecule has 190 valence electrons. The number of aromatic amines is 1. The van der Waals surface area contributed by atoms with Gasteiger partial charge in [-0.3, -0.25) is 14.5 Å². The number of alkyl halides is 2. The van der Waals surface area contributed by atoms with Crippen LogP contribution in [0.4, 0.5) is 19.0 Å². The number of hydrogen-bond donors (Lipinski definition) is 3. The lowest BCUT2D eigenvalue weighted by Crippen LogP contribution is -2.52. The maximum Gasteiger partial charge on any atom is 0.257 e. The quantitative estimate of drug-likeness (QED) is 0.453. The highest BCUT2D eigenvalue weighted by Crippen LogP contribution is 2.40. The number of benzene rings is 1. The maximum atomic E-state index is 14.6. The largest absolute Gasteiger partial charge is 0.437 e. The van der Waals surface area contributed by atoms with Crippen molar-refractivity contribution in [2.75, 3.05) is 18.4 Å². The summed E-state index contributed by atoms with van der Waals surface area (Å²) in [5.74, 6) is -4.74. The number of aromatic nitrogens is 3. The van der Waals surface area contributed by atoms with Crippen LogP contribution >= 0.6 is 0 Å². The molecular formula is C24H24F3N5O4. The number of anilines is 1. The molecule has 4 rings (SSSR count). The molecule has 1 aliphatic heterocycles. The van der Waals surface area contributed by atoms with Gasteiger partial charge in [0, 0.05) is 37.3 Å². The fraction of sp³-hybridized carbons (Fsp3) is 0.333. The Hall–Kier alpha value is -3.77. The molecule has 0 saturated carbocycles. The molecule has 0 bridgehead atoms. The lowest BCUT2D eigenvalue weighted by atomic mass is 9.87. The summed E-state index contributed by atoms with van der Waals surface area (Å²) in [5, 5.41) is 12.0. The number of amides is 1. The fourth-order valence-electron chi connectivity index (χ4n) is 3.98. The summed E-state index contributed by atoms with van der Waals surface area (Å²) < 4.78 is 48.1. The smallest absolute Gasteiger partial charge is 0.257 e. The fourth-order valence-corrected chi connectivity index (χ4v) is 3.98. The maximum absolute atomic E-state index is 14.6. The lowest BCUT2D eigenvalue weighted by molar-refractivity contribution is -0.125. The molecule has 3 aromatic rings. The van der Waals surface area contributed by atoms with Gasteiger partial charge in [0.2, 0.25) is 17.3 Å². The number of pyridine rings is 1. The van der Waals surface area contributed by atoms with E-state index >= 15 is 0 Å². The second-order valence-electron chi connectivity index (χ2n) is 8.46. The minimum atomic E-state index is -2.98. The number of ether oxygens (including phenoxy) is 1. The molecule has 2 aromatic heterocycles. The zero-order valence-corrected chi connectivity index (χ0v) is 19.2. The Morgan fingerprint density at radius 2 is 2.11 bits per heavy atom. The second-order valence-corrected chi connectivity index (χ2v) is 8.46. The number of halogens is 3. The highest BCUT2D eigenvalue weighted by molar-refractivity contribution is 5.93. The molecule has 0 spiro atoms. The van der Waals surface area contributed by atoms with E-state index in [1.807, 2.05) is 0 Å². The van der Waals surface area contributed by atoms with E-state index in [1.54, 1.807) is 11.8 Å². The van der Waals surface area contributed by atoms with Gasteiger partial charge in [-0.2, -0.15) is 0 Å². The van der Waals surface area contributed by atoms with Gasteiger partial charge in [0.05, 0.1) is 31.0 Å². The Balaban J connectivity index is 1.39. The van der Waals surface area contributed by atoms with E-state index in [1.165, 1.54) is 42.9 Å². The number of piperidine rings is 1. The summed E-state index contributed by atoms with van der Waals surface area (Å²) in [4.78, 5) is 36.3. The van der Waals surface area contributed by atoms with Gasteiger partial charge in [-0.15, -0.1) is 0 Å². The van der Waals surface area contributed by atoms with Gasteiger partial charge in [0.15, 0.2) is 5.82 Å². The van der Waals surface area contributed by atoms with Gasteiger partial charge in [-0.05, 0) is 30.7 Å². The Bertz CT molecular complexity index is 1260. The number of rotatable bonds is 7. The number of carbonyl (C=O) groups is 1. The highest BCUT2D eigenvalue weighted by atomic mass is 19.3. The molecule has 1 aromatic carbocycles. The standard InChI is InChI=1S/C24H24F3N5O4/c1-14(32-7-6-24(26,27)18(12-32)15-2-5-21(34)29-9-15)23(35)31-20-10-30-22(11-28-20)36-19-4-3-17(25)8-16(19)13-33/h2-5,8-11,14,18,33H,6-7,12-13H2,1H3,(H,29,34)(H,28,31,35)/t14?,18-/m1/s1. The van der Waals surface area contributed by atoms with E-state index in [0.717, 1.165) is 6.07 Å². The van der Waals surface area contributed by atoms with E-state index in [0.29, 0.717) is 5.56 Å². The normalized spacial score (nSPS) is 18.4. The third-order valence-electron chi connectivity index (χ3n) is 6.08. The van der Waals surface area contributed by atoms with Crippen LogP contribution in [0.25, 0.3) is 0 Å². The molecule has 2 atom stereocenters. The van der Waals surface area contributed by atoms with Crippen molar-refractivity contribution in [3.8, 4) is 11.6 Å². The minimum Gasteiger partial charge on any atom is -0.437 e. The Morgan fingerprint density at radius 1 is 1.31 bits per heavy atom. The molecule has 9 nitrogen and oxygen atoms in total. The summed E-state index contributed by atoms with van der Waals surface area (Å²) in [6.45, 7) is 1.12. The Kier molecular flexibility index (Phi) is 7.36. The molecule has 1 fully saturated rings. The molecule has 3 heterocycles. The first-order valence-electron chi connectivity index (χ1n) is 11.2. The van der Waals surface area contributed by atoms with E-state index in [9.17, 15) is 27.9 Å². The molecule has 1 saturated heterocycles. The van der Waals surface area contributed by atoms with Crippen molar-refractivity contribution >= 4 is 11.7 Å². The zero-order valence-electron chi connectivity index (χ0n) is 19.2. The number of aliphatic hydroxyl groups excluding tert-OH is 1. The van der Waals surface area contributed by atoms with E-state index in [2.05, 4.69) is 20.3 Å². The van der Waals surface area contributed by atoms with Crippen molar-refractivity contribution in [3.63, 3.8) is 0 Å². The summed E-state index contributed by atoms with van der Waals surface area (Å²) in [6.07, 6.45) is 3.36. The van der Waals surface area contributed by atoms with Crippen LogP contribution in [-0.4, -0.2) is 55.9 Å². The third kappa shape index (κ3) is 5.71. The van der Waals surface area contributed by atoms with Crippen LogP contribution in [0.1, 0.15) is 30.4 Å². The van der Waals surface area contributed by atoms with Crippen LogP contribution < -0.4 is 15.6 Å². The lowest BCUT2D eigenvalue weighted by Gasteiger charge is -2.40. The van der Waals surface area contributed by atoms with Crippen LogP contribution in [0.3, 0.4) is 0 Å².